The van der Waals surface area contributed by atoms with Crippen LogP contribution in [-0.2, 0) is 14.9 Å². The van der Waals surface area contributed by atoms with E-state index in [1.54, 1.807) is 0 Å². The van der Waals surface area contributed by atoms with Crippen molar-refractivity contribution in [2.75, 3.05) is 0 Å². The minimum absolute atomic E-state index is 0.00579. The Hall–Kier alpha value is -0.460. The van der Waals surface area contributed by atoms with E-state index in [4.69, 9.17) is 10.3 Å². The number of rotatable bonds is 12. The van der Waals surface area contributed by atoms with Crippen LogP contribution in [0.1, 0.15) is 71.1 Å². The third kappa shape index (κ3) is 11.1. The fourth-order valence-corrected chi connectivity index (χ4v) is 2.27. The quantitative estimate of drug-likeness (QED) is 0.426. The topological polar surface area (TPSA) is 97.5 Å². The molecule has 0 saturated heterocycles. The van der Waals surface area contributed by atoms with Gasteiger partial charge in [0.25, 0.3) is 10.1 Å². The Kier molecular flexibility index (Phi) is 10.1. The zero-order valence-electron chi connectivity index (χ0n) is 11.8. The maximum Gasteiger partial charge on any atom is 0.280 e. The first-order chi connectivity index (χ1) is 8.88. The molecule has 19 heavy (non-hydrogen) atoms. The van der Waals surface area contributed by atoms with E-state index >= 15 is 0 Å². The van der Waals surface area contributed by atoms with Crippen molar-refractivity contribution in [1.29, 1.82) is 0 Å². The van der Waals surface area contributed by atoms with Crippen molar-refractivity contribution in [3.63, 3.8) is 0 Å². The average Bonchev–Trinajstić information content (AvgIpc) is 2.33. The Labute approximate surface area is 116 Å². The molecule has 1 unspecified atom stereocenters. The summed E-state index contributed by atoms with van der Waals surface area (Å²) in [5, 5.41) is -1.34. The van der Waals surface area contributed by atoms with Gasteiger partial charge in [0, 0.05) is 12.8 Å². The number of carbonyl (C=O) groups excluding carboxylic acids is 1. The van der Waals surface area contributed by atoms with Crippen LogP contribution in [0.3, 0.4) is 0 Å². The molecule has 6 heteroatoms. The lowest BCUT2D eigenvalue weighted by Gasteiger charge is -2.07. The largest absolute Gasteiger partial charge is 0.313 e. The number of Topliss-reactive ketones (excluding diaryl/α,β-unsaturated/α-hetero) is 1. The Morgan fingerprint density at radius 2 is 1.58 bits per heavy atom. The fraction of sp³-hybridized carbons (Fsp3) is 0.923. The standard InChI is InChI=1S/C13H27NO4S/c1-2-3-4-5-6-7-8-9-12(15)10-11-13(14)19(16,17)18/h13H,2-11,14H2,1H3,(H,16,17,18). The number of carbonyl (C=O) groups is 1. The van der Waals surface area contributed by atoms with Crippen molar-refractivity contribution in [1.82, 2.24) is 0 Å². The smallest absolute Gasteiger partial charge is 0.280 e. The maximum absolute atomic E-state index is 11.5. The van der Waals surface area contributed by atoms with Crippen LogP contribution in [0.15, 0.2) is 0 Å². The third-order valence-electron chi connectivity index (χ3n) is 3.15. The van der Waals surface area contributed by atoms with Gasteiger partial charge in [-0.3, -0.25) is 9.35 Å². The normalized spacial score (nSPS) is 13.4. The molecule has 0 aliphatic heterocycles. The van der Waals surface area contributed by atoms with Crippen LogP contribution in [0, 0.1) is 0 Å². The number of unbranched alkanes of at least 4 members (excludes halogenated alkanes) is 6. The van der Waals surface area contributed by atoms with Crippen molar-refractivity contribution in [3.8, 4) is 0 Å². The van der Waals surface area contributed by atoms with E-state index in [2.05, 4.69) is 6.92 Å². The minimum atomic E-state index is -4.21. The molecule has 5 nitrogen and oxygen atoms in total. The highest BCUT2D eigenvalue weighted by molar-refractivity contribution is 7.86. The molecule has 0 aliphatic carbocycles. The lowest BCUT2D eigenvalue weighted by atomic mass is 10.1. The van der Waals surface area contributed by atoms with E-state index in [9.17, 15) is 13.2 Å². The van der Waals surface area contributed by atoms with Gasteiger partial charge >= 0.3 is 0 Å². The molecule has 0 radical (unpaired) electrons. The van der Waals surface area contributed by atoms with Crippen LogP contribution in [0.5, 0.6) is 0 Å². The Morgan fingerprint density at radius 1 is 1.05 bits per heavy atom. The summed E-state index contributed by atoms with van der Waals surface area (Å²) < 4.78 is 29.9. The molecule has 0 saturated carbocycles. The van der Waals surface area contributed by atoms with E-state index in [1.807, 2.05) is 0 Å². The Bertz CT molecular complexity index is 341. The van der Waals surface area contributed by atoms with E-state index < -0.39 is 15.5 Å². The second-order valence-electron chi connectivity index (χ2n) is 5.00. The van der Waals surface area contributed by atoms with E-state index in [0.717, 1.165) is 19.3 Å². The van der Waals surface area contributed by atoms with Crippen LogP contribution in [0.4, 0.5) is 0 Å². The predicted octanol–water partition coefficient (Wildman–Crippen LogP) is 2.65. The monoisotopic (exact) mass is 293 g/mol. The van der Waals surface area contributed by atoms with Crippen molar-refractivity contribution >= 4 is 15.9 Å². The molecule has 1 atom stereocenters. The van der Waals surface area contributed by atoms with Gasteiger partial charge in [0.2, 0.25) is 0 Å². The van der Waals surface area contributed by atoms with Gasteiger partial charge < -0.3 is 5.73 Å². The molecule has 0 amide bonds. The van der Waals surface area contributed by atoms with Gasteiger partial charge in [-0.05, 0) is 12.8 Å². The first-order valence-corrected chi connectivity index (χ1v) is 8.61. The summed E-state index contributed by atoms with van der Waals surface area (Å²) in [4.78, 5) is 11.5. The lowest BCUT2D eigenvalue weighted by molar-refractivity contribution is -0.119. The van der Waals surface area contributed by atoms with Crippen molar-refractivity contribution in [2.24, 2.45) is 5.73 Å². The molecule has 0 fully saturated rings. The van der Waals surface area contributed by atoms with Gasteiger partial charge in [-0.1, -0.05) is 45.4 Å². The van der Waals surface area contributed by atoms with Crippen molar-refractivity contribution in [2.45, 2.75) is 76.5 Å². The molecular formula is C13H27NO4S. The summed E-state index contributed by atoms with van der Waals surface area (Å²) in [6.07, 6.45) is 8.61. The highest BCUT2D eigenvalue weighted by Crippen LogP contribution is 2.10. The number of hydrogen-bond donors (Lipinski definition) is 2. The molecule has 114 valence electrons. The summed E-state index contributed by atoms with van der Waals surface area (Å²) in [5.74, 6) is 0.0210. The van der Waals surface area contributed by atoms with Crippen LogP contribution in [-0.4, -0.2) is 24.1 Å². The van der Waals surface area contributed by atoms with E-state index in [-0.39, 0.29) is 18.6 Å². The number of nitrogens with two attached hydrogens (primary N) is 1. The molecule has 0 rings (SSSR count). The second kappa shape index (κ2) is 10.3. The number of ketones is 1. The van der Waals surface area contributed by atoms with Crippen molar-refractivity contribution in [3.05, 3.63) is 0 Å². The van der Waals surface area contributed by atoms with Crippen LogP contribution >= 0.6 is 0 Å². The Morgan fingerprint density at radius 3 is 2.11 bits per heavy atom. The van der Waals surface area contributed by atoms with Gasteiger partial charge in [-0.2, -0.15) is 8.42 Å². The SMILES string of the molecule is CCCCCCCCCC(=O)CCC(N)S(=O)(=O)O. The second-order valence-corrected chi connectivity index (χ2v) is 6.64. The minimum Gasteiger partial charge on any atom is -0.313 e. The molecule has 0 bridgehead atoms. The summed E-state index contributed by atoms with van der Waals surface area (Å²) in [6.45, 7) is 2.18. The highest BCUT2D eigenvalue weighted by atomic mass is 32.2. The van der Waals surface area contributed by atoms with Gasteiger partial charge in [0.1, 0.15) is 11.2 Å². The van der Waals surface area contributed by atoms with Crippen LogP contribution in [0.2, 0.25) is 0 Å². The van der Waals surface area contributed by atoms with Gasteiger partial charge in [-0.15, -0.1) is 0 Å². The van der Waals surface area contributed by atoms with E-state index in [0.29, 0.717) is 6.42 Å². The lowest BCUT2D eigenvalue weighted by Crippen LogP contribution is -2.30. The first kappa shape index (κ1) is 18.5. The van der Waals surface area contributed by atoms with Gasteiger partial charge in [0.15, 0.2) is 0 Å². The molecule has 0 aliphatic rings. The maximum atomic E-state index is 11.5. The van der Waals surface area contributed by atoms with Crippen molar-refractivity contribution < 1.29 is 17.8 Å². The molecule has 0 spiro atoms. The van der Waals surface area contributed by atoms with Crippen LogP contribution in [0.25, 0.3) is 0 Å². The summed E-state index contributed by atoms with van der Waals surface area (Å²) in [6, 6.07) is 0. The Balaban J connectivity index is 3.50. The highest BCUT2D eigenvalue weighted by Gasteiger charge is 2.18. The summed E-state index contributed by atoms with van der Waals surface area (Å²) in [5.41, 5.74) is 5.23. The van der Waals surface area contributed by atoms with Crippen LogP contribution < -0.4 is 5.73 Å². The molecular weight excluding hydrogens is 266 g/mol. The molecule has 0 aromatic rings. The molecule has 3 N–H and O–H groups in total. The molecule has 0 aromatic carbocycles. The average molecular weight is 293 g/mol. The summed E-state index contributed by atoms with van der Waals surface area (Å²) in [7, 11) is -4.21. The molecule has 0 heterocycles. The first-order valence-electron chi connectivity index (χ1n) is 7.11. The zero-order valence-corrected chi connectivity index (χ0v) is 12.6. The van der Waals surface area contributed by atoms with Gasteiger partial charge in [0.05, 0.1) is 0 Å². The zero-order chi connectivity index (χ0) is 14.7. The van der Waals surface area contributed by atoms with E-state index in [1.165, 1.54) is 25.7 Å². The third-order valence-corrected chi connectivity index (χ3v) is 4.15. The fourth-order valence-electron chi connectivity index (χ4n) is 1.86. The predicted molar refractivity (Wildman–Crippen MR) is 76.4 cm³/mol. The summed E-state index contributed by atoms with van der Waals surface area (Å²) >= 11 is 0. The molecule has 0 aromatic heterocycles. The van der Waals surface area contributed by atoms with Gasteiger partial charge in [-0.25, -0.2) is 0 Å². The number of hydrogen-bond acceptors (Lipinski definition) is 4.